The van der Waals surface area contributed by atoms with Crippen molar-refractivity contribution in [1.82, 2.24) is 0 Å². The molecule has 0 aliphatic carbocycles. The normalized spacial score (nSPS) is 14.8. The molecule has 0 aliphatic rings. The Morgan fingerprint density at radius 1 is 1.14 bits per heavy atom. The van der Waals surface area contributed by atoms with Gasteiger partial charge in [0.25, 0.3) is 0 Å². The van der Waals surface area contributed by atoms with Crippen molar-refractivity contribution in [3.8, 4) is 0 Å². The molecule has 0 aromatic carbocycles. The number of rotatable bonds is 2. The zero-order valence-corrected chi connectivity index (χ0v) is 10.2. The van der Waals surface area contributed by atoms with Crippen LogP contribution in [-0.4, -0.2) is 0 Å². The Balaban J connectivity index is 2.89. The average molecular weight is 194 g/mol. The van der Waals surface area contributed by atoms with Gasteiger partial charge in [0.05, 0.1) is 6.26 Å². The second-order valence-corrected chi connectivity index (χ2v) is 5.52. The molecule has 0 amide bonds. The lowest BCUT2D eigenvalue weighted by Crippen LogP contribution is -2.09. The van der Waals surface area contributed by atoms with Crippen molar-refractivity contribution in [2.45, 2.75) is 52.9 Å². The quantitative estimate of drug-likeness (QED) is 0.682. The lowest BCUT2D eigenvalue weighted by molar-refractivity contribution is 0.413. The largest absolute Gasteiger partial charge is 0.469 e. The number of furan rings is 1. The maximum atomic E-state index is 5.61. The minimum atomic E-state index is 0.193. The first-order valence-corrected chi connectivity index (χ1v) is 5.41. The maximum Gasteiger partial charge on any atom is 0.107 e. The van der Waals surface area contributed by atoms with E-state index in [4.69, 9.17) is 4.42 Å². The summed E-state index contributed by atoms with van der Waals surface area (Å²) >= 11 is 0. The molecule has 1 aromatic heterocycles. The van der Waals surface area contributed by atoms with Gasteiger partial charge in [0, 0.05) is 5.92 Å². The van der Waals surface area contributed by atoms with Crippen LogP contribution in [0.5, 0.6) is 0 Å². The highest BCUT2D eigenvalue weighted by molar-refractivity contribution is 5.22. The average Bonchev–Trinajstić information content (AvgIpc) is 2.49. The van der Waals surface area contributed by atoms with Crippen LogP contribution in [0, 0.1) is 5.92 Å². The van der Waals surface area contributed by atoms with Crippen molar-refractivity contribution >= 4 is 0 Å². The zero-order valence-electron chi connectivity index (χ0n) is 10.2. The Labute approximate surface area is 87.5 Å². The highest BCUT2D eigenvalue weighted by Crippen LogP contribution is 2.30. The Kier molecular flexibility index (Phi) is 3.08. The van der Waals surface area contributed by atoms with Crippen molar-refractivity contribution in [3.63, 3.8) is 0 Å². The van der Waals surface area contributed by atoms with Gasteiger partial charge in [-0.3, -0.25) is 0 Å². The summed E-state index contributed by atoms with van der Waals surface area (Å²) in [6.07, 6.45) is 1.90. The van der Waals surface area contributed by atoms with E-state index in [9.17, 15) is 0 Å². The molecule has 0 bridgehead atoms. The zero-order chi connectivity index (χ0) is 10.9. The van der Waals surface area contributed by atoms with Gasteiger partial charge in [-0.2, -0.15) is 0 Å². The van der Waals surface area contributed by atoms with Gasteiger partial charge in [-0.1, -0.05) is 41.5 Å². The van der Waals surface area contributed by atoms with Crippen LogP contribution < -0.4 is 0 Å². The van der Waals surface area contributed by atoms with Crippen LogP contribution in [0.15, 0.2) is 16.7 Å². The van der Waals surface area contributed by atoms with Crippen molar-refractivity contribution in [2.24, 2.45) is 5.92 Å². The molecule has 0 N–H and O–H groups in total. The third-order valence-electron chi connectivity index (χ3n) is 2.93. The van der Waals surface area contributed by atoms with Gasteiger partial charge < -0.3 is 4.42 Å². The SMILES string of the molecule is CC(C)[C@@H](C)c1cc(C(C)(C)C)co1. The Morgan fingerprint density at radius 2 is 1.71 bits per heavy atom. The summed E-state index contributed by atoms with van der Waals surface area (Å²) in [7, 11) is 0. The molecule has 80 valence electrons. The first-order chi connectivity index (χ1) is 6.32. The Hall–Kier alpha value is -0.720. The molecule has 1 atom stereocenters. The van der Waals surface area contributed by atoms with Gasteiger partial charge in [0.1, 0.15) is 5.76 Å². The van der Waals surface area contributed by atoms with Gasteiger partial charge in [0.15, 0.2) is 0 Å². The van der Waals surface area contributed by atoms with E-state index in [1.807, 2.05) is 6.26 Å². The molecule has 1 nitrogen and oxygen atoms in total. The van der Waals surface area contributed by atoms with Gasteiger partial charge in [0.2, 0.25) is 0 Å². The van der Waals surface area contributed by atoms with Gasteiger partial charge in [-0.05, 0) is 23.0 Å². The second kappa shape index (κ2) is 3.80. The van der Waals surface area contributed by atoms with E-state index in [2.05, 4.69) is 47.6 Å². The van der Waals surface area contributed by atoms with E-state index in [-0.39, 0.29) is 5.41 Å². The van der Waals surface area contributed by atoms with Crippen LogP contribution in [0.1, 0.15) is 58.8 Å². The molecule has 0 saturated carbocycles. The summed E-state index contributed by atoms with van der Waals surface area (Å²) in [4.78, 5) is 0. The fourth-order valence-corrected chi connectivity index (χ4v) is 1.31. The fraction of sp³-hybridized carbons (Fsp3) is 0.692. The number of hydrogen-bond acceptors (Lipinski definition) is 1. The summed E-state index contributed by atoms with van der Waals surface area (Å²) < 4.78 is 5.61. The Bertz CT molecular complexity index is 288. The minimum Gasteiger partial charge on any atom is -0.469 e. The van der Waals surface area contributed by atoms with Crippen molar-refractivity contribution < 1.29 is 4.42 Å². The topological polar surface area (TPSA) is 13.1 Å². The lowest BCUT2D eigenvalue weighted by atomic mass is 9.87. The van der Waals surface area contributed by atoms with E-state index in [0.717, 1.165) is 5.76 Å². The van der Waals surface area contributed by atoms with E-state index >= 15 is 0 Å². The minimum absolute atomic E-state index is 0.193. The van der Waals surface area contributed by atoms with Crippen molar-refractivity contribution in [3.05, 3.63) is 23.7 Å². The molecule has 0 spiro atoms. The molecular formula is C13H22O. The first-order valence-electron chi connectivity index (χ1n) is 5.41. The van der Waals surface area contributed by atoms with Crippen molar-refractivity contribution in [1.29, 1.82) is 0 Å². The monoisotopic (exact) mass is 194 g/mol. The molecular weight excluding hydrogens is 172 g/mol. The smallest absolute Gasteiger partial charge is 0.107 e. The molecule has 14 heavy (non-hydrogen) atoms. The predicted molar refractivity (Wildman–Crippen MR) is 60.7 cm³/mol. The van der Waals surface area contributed by atoms with Gasteiger partial charge >= 0.3 is 0 Å². The van der Waals surface area contributed by atoms with Crippen LogP contribution >= 0.6 is 0 Å². The summed E-state index contributed by atoms with van der Waals surface area (Å²) in [6, 6.07) is 2.20. The number of hydrogen-bond donors (Lipinski definition) is 0. The molecule has 0 unspecified atom stereocenters. The van der Waals surface area contributed by atoms with E-state index < -0.39 is 0 Å². The van der Waals surface area contributed by atoms with Crippen LogP contribution in [0.2, 0.25) is 0 Å². The third-order valence-corrected chi connectivity index (χ3v) is 2.93. The summed E-state index contributed by atoms with van der Waals surface area (Å²) in [5, 5.41) is 0. The molecule has 0 radical (unpaired) electrons. The van der Waals surface area contributed by atoms with E-state index in [1.165, 1.54) is 5.56 Å². The molecule has 0 saturated heterocycles. The molecule has 1 rings (SSSR count). The molecule has 1 heterocycles. The molecule has 1 aromatic rings. The Morgan fingerprint density at radius 3 is 2.07 bits per heavy atom. The van der Waals surface area contributed by atoms with E-state index in [0.29, 0.717) is 11.8 Å². The highest BCUT2D eigenvalue weighted by atomic mass is 16.3. The summed E-state index contributed by atoms with van der Waals surface area (Å²) in [5.74, 6) is 2.25. The van der Waals surface area contributed by atoms with E-state index in [1.54, 1.807) is 0 Å². The van der Waals surface area contributed by atoms with Gasteiger partial charge in [-0.15, -0.1) is 0 Å². The van der Waals surface area contributed by atoms with Crippen LogP contribution in [0.3, 0.4) is 0 Å². The van der Waals surface area contributed by atoms with Crippen LogP contribution in [-0.2, 0) is 5.41 Å². The fourth-order valence-electron chi connectivity index (χ4n) is 1.31. The summed E-state index contributed by atoms with van der Waals surface area (Å²) in [5.41, 5.74) is 1.48. The summed E-state index contributed by atoms with van der Waals surface area (Å²) in [6.45, 7) is 13.3. The standard InChI is InChI=1S/C13H22O/c1-9(2)10(3)12-7-11(8-14-12)13(4,5)6/h7-10H,1-6H3/t10-/m1/s1. The third kappa shape index (κ3) is 2.40. The first kappa shape index (κ1) is 11.4. The lowest BCUT2D eigenvalue weighted by Gasteiger charge is -2.15. The maximum absolute atomic E-state index is 5.61. The molecule has 0 aliphatic heterocycles. The van der Waals surface area contributed by atoms with Crippen molar-refractivity contribution in [2.75, 3.05) is 0 Å². The van der Waals surface area contributed by atoms with Crippen LogP contribution in [0.4, 0.5) is 0 Å². The molecule has 1 heteroatoms. The van der Waals surface area contributed by atoms with Crippen LogP contribution in [0.25, 0.3) is 0 Å². The highest BCUT2D eigenvalue weighted by Gasteiger charge is 2.20. The van der Waals surface area contributed by atoms with Gasteiger partial charge in [-0.25, -0.2) is 0 Å². The predicted octanol–water partition coefficient (Wildman–Crippen LogP) is 4.34. The second-order valence-electron chi connectivity index (χ2n) is 5.52. The molecule has 0 fully saturated rings.